The molecule has 1 saturated heterocycles. The first-order chi connectivity index (χ1) is 11.8. The second-order valence-corrected chi connectivity index (χ2v) is 6.51. The number of hydrogen-bond acceptors (Lipinski definition) is 2. The molecule has 1 aliphatic rings. The Hall–Kier alpha value is -1.76. The number of aryl methyl sites for hydroxylation is 2. The highest BCUT2D eigenvalue weighted by molar-refractivity contribution is 5.93. The summed E-state index contributed by atoms with van der Waals surface area (Å²) in [7, 11) is 0. The molecule has 1 unspecified atom stereocenters. The number of rotatable bonds is 6. The summed E-state index contributed by atoms with van der Waals surface area (Å²) >= 11 is 0. The molecule has 7 heteroatoms. The standard InChI is InChI=1S/C18H27F3N4/c1-3-14-6-5-7-15(4-2)16(14)24-17(22)23-10-13-8-9-25(11-13)12-18(19,20)21/h5-7,13H,3-4,8-12H2,1-2H3,(H3,22,23,24). The number of nitrogens with one attached hydrogen (secondary N) is 1. The summed E-state index contributed by atoms with van der Waals surface area (Å²) in [6.45, 7) is 4.66. The van der Waals surface area contributed by atoms with E-state index in [0.717, 1.165) is 24.9 Å². The zero-order chi connectivity index (χ0) is 18.4. The quantitative estimate of drug-likeness (QED) is 0.607. The monoisotopic (exact) mass is 356 g/mol. The van der Waals surface area contributed by atoms with Gasteiger partial charge in [-0.2, -0.15) is 13.2 Å². The second-order valence-electron chi connectivity index (χ2n) is 6.51. The molecule has 0 radical (unpaired) electrons. The number of benzene rings is 1. The van der Waals surface area contributed by atoms with Gasteiger partial charge in [0.05, 0.1) is 6.54 Å². The van der Waals surface area contributed by atoms with Crippen molar-refractivity contribution >= 4 is 11.6 Å². The van der Waals surface area contributed by atoms with Gasteiger partial charge in [0, 0.05) is 18.8 Å². The van der Waals surface area contributed by atoms with Crippen molar-refractivity contribution in [3.63, 3.8) is 0 Å². The molecule has 1 fully saturated rings. The number of para-hydroxylation sites is 1. The van der Waals surface area contributed by atoms with Crippen molar-refractivity contribution in [1.82, 2.24) is 4.90 Å². The topological polar surface area (TPSA) is 53.6 Å². The highest BCUT2D eigenvalue weighted by Crippen LogP contribution is 2.24. The van der Waals surface area contributed by atoms with Crippen LogP contribution in [0.2, 0.25) is 0 Å². The number of nitrogens with zero attached hydrogens (tertiary/aromatic N) is 2. The first-order valence-electron chi connectivity index (χ1n) is 8.79. The molecule has 0 aromatic heterocycles. The van der Waals surface area contributed by atoms with Gasteiger partial charge in [-0.25, -0.2) is 0 Å². The maximum Gasteiger partial charge on any atom is 0.401 e. The van der Waals surface area contributed by atoms with E-state index in [-0.39, 0.29) is 5.92 Å². The lowest BCUT2D eigenvalue weighted by molar-refractivity contribution is -0.143. The highest BCUT2D eigenvalue weighted by atomic mass is 19.4. The Balaban J connectivity index is 1.93. The Bertz CT molecular complexity index is 576. The Kier molecular flexibility index (Phi) is 6.70. The van der Waals surface area contributed by atoms with E-state index in [0.29, 0.717) is 25.6 Å². The number of likely N-dealkylation sites (tertiary alicyclic amines) is 1. The molecule has 0 saturated carbocycles. The Morgan fingerprint density at radius 3 is 2.48 bits per heavy atom. The highest BCUT2D eigenvalue weighted by Gasteiger charge is 2.34. The molecule has 140 valence electrons. The molecule has 1 heterocycles. The molecule has 0 amide bonds. The van der Waals surface area contributed by atoms with Crippen LogP contribution in [0, 0.1) is 5.92 Å². The van der Waals surface area contributed by atoms with Crippen LogP contribution < -0.4 is 11.1 Å². The number of halogens is 3. The molecule has 1 aliphatic heterocycles. The third-order valence-corrected chi connectivity index (χ3v) is 4.54. The smallest absolute Gasteiger partial charge is 0.370 e. The lowest BCUT2D eigenvalue weighted by Crippen LogP contribution is -2.32. The van der Waals surface area contributed by atoms with Gasteiger partial charge in [0.1, 0.15) is 0 Å². The van der Waals surface area contributed by atoms with Crippen LogP contribution in [0.1, 0.15) is 31.4 Å². The zero-order valence-electron chi connectivity index (χ0n) is 14.9. The Morgan fingerprint density at radius 2 is 1.92 bits per heavy atom. The molecule has 4 nitrogen and oxygen atoms in total. The molecule has 25 heavy (non-hydrogen) atoms. The van der Waals surface area contributed by atoms with E-state index in [4.69, 9.17) is 5.73 Å². The molecule has 0 spiro atoms. The van der Waals surface area contributed by atoms with E-state index in [1.54, 1.807) is 0 Å². The maximum absolute atomic E-state index is 12.4. The summed E-state index contributed by atoms with van der Waals surface area (Å²) in [5.41, 5.74) is 9.36. The van der Waals surface area contributed by atoms with E-state index < -0.39 is 12.7 Å². The Labute approximate surface area is 147 Å². The lowest BCUT2D eigenvalue weighted by atomic mass is 10.0. The molecule has 0 aliphatic carbocycles. The number of alkyl halides is 3. The van der Waals surface area contributed by atoms with Gasteiger partial charge < -0.3 is 11.1 Å². The summed E-state index contributed by atoms with van der Waals surface area (Å²) in [5, 5.41) is 3.19. The average molecular weight is 356 g/mol. The zero-order valence-corrected chi connectivity index (χ0v) is 14.9. The minimum absolute atomic E-state index is 0.120. The van der Waals surface area contributed by atoms with Crippen molar-refractivity contribution in [3.05, 3.63) is 29.3 Å². The maximum atomic E-state index is 12.4. The van der Waals surface area contributed by atoms with Crippen molar-refractivity contribution in [3.8, 4) is 0 Å². The van der Waals surface area contributed by atoms with E-state index in [1.807, 2.05) is 6.07 Å². The van der Waals surface area contributed by atoms with Crippen molar-refractivity contribution in [2.75, 3.05) is 31.5 Å². The fraction of sp³-hybridized carbons (Fsp3) is 0.611. The van der Waals surface area contributed by atoms with E-state index in [1.165, 1.54) is 16.0 Å². The third-order valence-electron chi connectivity index (χ3n) is 4.54. The minimum atomic E-state index is -4.14. The van der Waals surface area contributed by atoms with E-state index in [9.17, 15) is 13.2 Å². The summed E-state index contributed by atoms with van der Waals surface area (Å²) in [6.07, 6.45) is -1.64. The van der Waals surface area contributed by atoms with Gasteiger partial charge in [-0.15, -0.1) is 0 Å². The van der Waals surface area contributed by atoms with Gasteiger partial charge in [-0.05, 0) is 42.9 Å². The molecular formula is C18H27F3N4. The van der Waals surface area contributed by atoms with Gasteiger partial charge in [-0.1, -0.05) is 32.0 Å². The molecule has 3 N–H and O–H groups in total. The molecule has 1 atom stereocenters. The van der Waals surface area contributed by atoms with Gasteiger partial charge >= 0.3 is 6.18 Å². The normalized spacial score (nSPS) is 19.4. The lowest BCUT2D eigenvalue weighted by Gasteiger charge is -2.17. The van der Waals surface area contributed by atoms with Crippen molar-refractivity contribution in [1.29, 1.82) is 0 Å². The summed E-state index contributed by atoms with van der Waals surface area (Å²) in [6, 6.07) is 6.14. The van der Waals surface area contributed by atoms with Crippen molar-refractivity contribution < 1.29 is 13.2 Å². The van der Waals surface area contributed by atoms with Gasteiger partial charge in [0.15, 0.2) is 5.96 Å². The molecular weight excluding hydrogens is 329 g/mol. The van der Waals surface area contributed by atoms with Crippen LogP contribution in [0.5, 0.6) is 0 Å². The van der Waals surface area contributed by atoms with Crippen LogP contribution in [0.15, 0.2) is 23.2 Å². The SMILES string of the molecule is CCc1cccc(CC)c1NC(N)=NCC1CCN(CC(F)(F)F)C1. The van der Waals surface area contributed by atoms with Crippen LogP contribution >= 0.6 is 0 Å². The van der Waals surface area contributed by atoms with E-state index in [2.05, 4.69) is 36.3 Å². The number of nitrogens with two attached hydrogens (primary N) is 1. The summed E-state index contributed by atoms with van der Waals surface area (Å²) < 4.78 is 37.3. The van der Waals surface area contributed by atoms with Crippen molar-refractivity contribution in [2.45, 2.75) is 39.3 Å². The molecule has 2 rings (SSSR count). The van der Waals surface area contributed by atoms with Crippen LogP contribution in [0.3, 0.4) is 0 Å². The third kappa shape index (κ3) is 5.92. The van der Waals surface area contributed by atoms with Crippen molar-refractivity contribution in [2.24, 2.45) is 16.6 Å². The van der Waals surface area contributed by atoms with Gasteiger partial charge in [0.25, 0.3) is 0 Å². The van der Waals surface area contributed by atoms with E-state index >= 15 is 0 Å². The Morgan fingerprint density at radius 1 is 1.28 bits per heavy atom. The minimum Gasteiger partial charge on any atom is -0.370 e. The molecule has 0 bridgehead atoms. The predicted octanol–water partition coefficient (Wildman–Crippen LogP) is 3.42. The number of aliphatic imine (C=N–C) groups is 1. The van der Waals surface area contributed by atoms with Crippen LogP contribution in [-0.4, -0.2) is 43.2 Å². The molecule has 1 aromatic rings. The fourth-order valence-corrected chi connectivity index (χ4v) is 3.26. The number of anilines is 1. The number of hydrogen-bond donors (Lipinski definition) is 2. The average Bonchev–Trinajstić information content (AvgIpc) is 2.98. The van der Waals surface area contributed by atoms with Crippen LogP contribution in [0.4, 0.5) is 18.9 Å². The van der Waals surface area contributed by atoms with Crippen LogP contribution in [0.25, 0.3) is 0 Å². The first kappa shape index (κ1) is 19.6. The second kappa shape index (κ2) is 8.56. The van der Waals surface area contributed by atoms with Crippen LogP contribution in [-0.2, 0) is 12.8 Å². The van der Waals surface area contributed by atoms with Gasteiger partial charge in [-0.3, -0.25) is 9.89 Å². The number of guanidine groups is 1. The fourth-order valence-electron chi connectivity index (χ4n) is 3.26. The predicted molar refractivity (Wildman–Crippen MR) is 95.9 cm³/mol. The summed E-state index contributed by atoms with van der Waals surface area (Å²) in [5.74, 6) is 0.444. The molecule has 1 aromatic carbocycles. The largest absolute Gasteiger partial charge is 0.401 e. The van der Waals surface area contributed by atoms with Gasteiger partial charge in [0.2, 0.25) is 0 Å². The first-order valence-corrected chi connectivity index (χ1v) is 8.79. The summed E-state index contributed by atoms with van der Waals surface area (Å²) in [4.78, 5) is 5.79.